The van der Waals surface area contributed by atoms with E-state index >= 15 is 0 Å². The summed E-state index contributed by atoms with van der Waals surface area (Å²) < 4.78 is 23.3. The number of carbonyl (C=O) groups is 1. The van der Waals surface area contributed by atoms with E-state index in [1.807, 2.05) is 0 Å². The van der Waals surface area contributed by atoms with Crippen LogP contribution in [0.1, 0.15) is 27.4 Å². The van der Waals surface area contributed by atoms with Crippen molar-refractivity contribution in [2.45, 2.75) is 20.5 Å². The lowest BCUT2D eigenvalue weighted by Gasteiger charge is -2.04. The first-order chi connectivity index (χ1) is 8.56. The van der Waals surface area contributed by atoms with Gasteiger partial charge in [-0.2, -0.15) is 0 Å². The number of ether oxygens (including phenoxy) is 1. The van der Waals surface area contributed by atoms with Gasteiger partial charge in [0.05, 0.1) is 0 Å². The number of furan rings is 1. The number of carbonyl (C=O) groups excluding carboxylic acids is 1. The third kappa shape index (κ3) is 2.77. The van der Waals surface area contributed by atoms with Crippen LogP contribution in [0.3, 0.4) is 0 Å². The van der Waals surface area contributed by atoms with E-state index in [4.69, 9.17) is 9.15 Å². The van der Waals surface area contributed by atoms with Crippen molar-refractivity contribution < 1.29 is 18.3 Å². The van der Waals surface area contributed by atoms with Gasteiger partial charge >= 0.3 is 5.97 Å². The molecule has 0 bridgehead atoms. The molecule has 3 nitrogen and oxygen atoms in total. The molecular weight excluding hydrogens is 235 g/mol. The van der Waals surface area contributed by atoms with Gasteiger partial charge in [-0.05, 0) is 37.6 Å². The Morgan fingerprint density at radius 1 is 1.33 bits per heavy atom. The molecule has 2 rings (SSSR count). The largest absolute Gasteiger partial charge is 0.466 e. The van der Waals surface area contributed by atoms with Crippen molar-refractivity contribution in [3.05, 3.63) is 58.8 Å². The first-order valence-electron chi connectivity index (χ1n) is 5.55. The summed E-state index contributed by atoms with van der Waals surface area (Å²) in [5.41, 5.74) is 1.02. The fourth-order valence-electron chi connectivity index (χ4n) is 1.69. The van der Waals surface area contributed by atoms with E-state index < -0.39 is 5.97 Å². The average Bonchev–Trinajstić information content (AvgIpc) is 2.66. The minimum Gasteiger partial charge on any atom is -0.466 e. The molecule has 0 fully saturated rings. The van der Waals surface area contributed by atoms with Crippen LogP contribution in [0.2, 0.25) is 0 Å². The summed E-state index contributed by atoms with van der Waals surface area (Å²) in [5, 5.41) is 0. The number of benzene rings is 1. The van der Waals surface area contributed by atoms with Crippen molar-refractivity contribution >= 4 is 5.97 Å². The third-order valence-electron chi connectivity index (χ3n) is 2.52. The topological polar surface area (TPSA) is 39.4 Å². The molecule has 2 aromatic rings. The Labute approximate surface area is 104 Å². The van der Waals surface area contributed by atoms with Crippen molar-refractivity contribution in [2.24, 2.45) is 0 Å². The summed E-state index contributed by atoms with van der Waals surface area (Å²) in [6.45, 7) is 3.50. The molecule has 0 spiro atoms. The summed E-state index contributed by atoms with van der Waals surface area (Å²) in [7, 11) is 0. The maximum Gasteiger partial charge on any atom is 0.342 e. The van der Waals surface area contributed by atoms with Gasteiger partial charge in [0, 0.05) is 0 Å². The highest BCUT2D eigenvalue weighted by atomic mass is 19.1. The van der Waals surface area contributed by atoms with E-state index in [1.165, 1.54) is 12.1 Å². The maximum absolute atomic E-state index is 12.9. The van der Waals surface area contributed by atoms with Crippen molar-refractivity contribution in [3.63, 3.8) is 0 Å². The van der Waals surface area contributed by atoms with Gasteiger partial charge in [-0.1, -0.05) is 12.1 Å². The Bertz CT molecular complexity index is 572. The Morgan fingerprint density at radius 2 is 2.11 bits per heavy atom. The lowest BCUT2D eigenvalue weighted by atomic mass is 10.2. The SMILES string of the molecule is Cc1cc(C(=O)OCc2cccc(F)c2)c(C)o1. The number of halogens is 1. The van der Waals surface area contributed by atoms with Crippen LogP contribution in [-0.4, -0.2) is 5.97 Å². The van der Waals surface area contributed by atoms with Gasteiger partial charge in [-0.3, -0.25) is 0 Å². The zero-order chi connectivity index (χ0) is 13.1. The molecule has 1 heterocycles. The third-order valence-corrected chi connectivity index (χ3v) is 2.52. The van der Waals surface area contributed by atoms with Gasteiger partial charge < -0.3 is 9.15 Å². The average molecular weight is 248 g/mol. The van der Waals surface area contributed by atoms with Crippen LogP contribution in [0.5, 0.6) is 0 Å². The molecule has 0 saturated carbocycles. The van der Waals surface area contributed by atoms with Gasteiger partial charge in [0.15, 0.2) is 0 Å². The Morgan fingerprint density at radius 3 is 2.72 bits per heavy atom. The molecule has 0 aliphatic carbocycles. The minimum absolute atomic E-state index is 0.0419. The number of hydrogen-bond acceptors (Lipinski definition) is 3. The molecule has 1 aromatic carbocycles. The summed E-state index contributed by atoms with van der Waals surface area (Å²) in [6.07, 6.45) is 0. The van der Waals surface area contributed by atoms with Crippen LogP contribution in [0.25, 0.3) is 0 Å². The molecule has 0 radical (unpaired) electrons. The molecular formula is C14H13FO3. The molecule has 0 atom stereocenters. The van der Waals surface area contributed by atoms with Gasteiger partial charge in [0.25, 0.3) is 0 Å². The van der Waals surface area contributed by atoms with E-state index in [-0.39, 0.29) is 12.4 Å². The zero-order valence-electron chi connectivity index (χ0n) is 10.2. The fourth-order valence-corrected chi connectivity index (χ4v) is 1.69. The molecule has 18 heavy (non-hydrogen) atoms. The van der Waals surface area contributed by atoms with E-state index in [1.54, 1.807) is 32.0 Å². The second kappa shape index (κ2) is 5.04. The highest BCUT2D eigenvalue weighted by molar-refractivity contribution is 5.90. The zero-order valence-corrected chi connectivity index (χ0v) is 10.2. The number of aryl methyl sites for hydroxylation is 2. The first-order valence-corrected chi connectivity index (χ1v) is 5.55. The highest BCUT2D eigenvalue weighted by Crippen LogP contribution is 2.15. The number of rotatable bonds is 3. The Hall–Kier alpha value is -2.10. The monoisotopic (exact) mass is 248 g/mol. The lowest BCUT2D eigenvalue weighted by molar-refractivity contribution is 0.0470. The van der Waals surface area contributed by atoms with E-state index in [9.17, 15) is 9.18 Å². The van der Waals surface area contributed by atoms with Gasteiger partial charge in [0.2, 0.25) is 0 Å². The van der Waals surface area contributed by atoms with Gasteiger partial charge in [-0.25, -0.2) is 9.18 Å². The van der Waals surface area contributed by atoms with Crippen LogP contribution in [-0.2, 0) is 11.3 Å². The van der Waals surface area contributed by atoms with Crippen molar-refractivity contribution in [3.8, 4) is 0 Å². The molecule has 0 aliphatic heterocycles. The predicted molar refractivity (Wildman–Crippen MR) is 63.7 cm³/mol. The quantitative estimate of drug-likeness (QED) is 0.781. The fraction of sp³-hybridized carbons (Fsp3) is 0.214. The molecule has 0 saturated heterocycles. The molecule has 0 aliphatic rings. The standard InChI is InChI=1S/C14H13FO3/c1-9-6-13(10(2)18-9)14(16)17-8-11-4-3-5-12(15)7-11/h3-7H,8H2,1-2H3. The smallest absolute Gasteiger partial charge is 0.342 e. The Balaban J connectivity index is 2.03. The first kappa shape index (κ1) is 12.4. The molecule has 0 amide bonds. The number of hydrogen-bond donors (Lipinski definition) is 0. The number of esters is 1. The van der Waals surface area contributed by atoms with Crippen molar-refractivity contribution in [1.82, 2.24) is 0 Å². The van der Waals surface area contributed by atoms with Crippen molar-refractivity contribution in [2.75, 3.05) is 0 Å². The van der Waals surface area contributed by atoms with Gasteiger partial charge in [-0.15, -0.1) is 0 Å². The molecule has 1 aromatic heterocycles. The maximum atomic E-state index is 12.9. The van der Waals surface area contributed by atoms with Crippen molar-refractivity contribution in [1.29, 1.82) is 0 Å². The van der Waals surface area contributed by atoms with Gasteiger partial charge in [0.1, 0.15) is 29.5 Å². The normalized spacial score (nSPS) is 10.4. The Kier molecular flexibility index (Phi) is 3.46. The van der Waals surface area contributed by atoms with E-state index in [0.29, 0.717) is 22.6 Å². The molecule has 94 valence electrons. The second-order valence-electron chi connectivity index (χ2n) is 4.03. The summed E-state index contributed by atoms with van der Waals surface area (Å²) in [5.74, 6) is 0.370. The highest BCUT2D eigenvalue weighted by Gasteiger charge is 2.14. The van der Waals surface area contributed by atoms with Crippen LogP contribution >= 0.6 is 0 Å². The summed E-state index contributed by atoms with van der Waals surface area (Å²) >= 11 is 0. The predicted octanol–water partition coefficient (Wildman–Crippen LogP) is 3.39. The van der Waals surface area contributed by atoms with Crippen LogP contribution in [0.15, 0.2) is 34.7 Å². The minimum atomic E-state index is -0.464. The van der Waals surface area contributed by atoms with Crippen LogP contribution < -0.4 is 0 Å². The molecule has 0 unspecified atom stereocenters. The van der Waals surface area contributed by atoms with E-state index in [0.717, 1.165) is 0 Å². The molecule has 0 N–H and O–H groups in total. The lowest BCUT2D eigenvalue weighted by Crippen LogP contribution is -2.05. The van der Waals surface area contributed by atoms with Crippen LogP contribution in [0.4, 0.5) is 4.39 Å². The second-order valence-corrected chi connectivity index (χ2v) is 4.03. The van der Waals surface area contributed by atoms with Crippen LogP contribution in [0, 0.1) is 19.7 Å². The van der Waals surface area contributed by atoms with E-state index in [2.05, 4.69) is 0 Å². The summed E-state index contributed by atoms with van der Waals surface area (Å²) in [6, 6.07) is 7.58. The summed E-state index contributed by atoms with van der Waals surface area (Å²) in [4.78, 5) is 11.8. The molecule has 4 heteroatoms.